The zero-order valence-corrected chi connectivity index (χ0v) is 22.0. The lowest BCUT2D eigenvalue weighted by Crippen LogP contribution is -2.52. The Morgan fingerprint density at radius 2 is 1.90 bits per heavy atom. The number of fused-ring (bicyclic) bond motifs is 1. The van der Waals surface area contributed by atoms with Crippen LogP contribution in [0.25, 0.3) is 10.9 Å². The molecule has 1 fully saturated rings. The topological polar surface area (TPSA) is 149 Å². The number of anilines is 1. The lowest BCUT2D eigenvalue weighted by molar-refractivity contribution is -0.136. The van der Waals surface area contributed by atoms with Crippen LogP contribution in [0.2, 0.25) is 0 Å². The Hall–Kier alpha value is -4.74. The summed E-state index contributed by atoms with van der Waals surface area (Å²) in [5.74, 6) is -3.53. The van der Waals surface area contributed by atoms with Crippen LogP contribution in [0.1, 0.15) is 25.8 Å². The molecular formula is C28H30F2N6O4. The molecule has 0 saturated carbocycles. The molecule has 0 aliphatic carbocycles. The predicted molar refractivity (Wildman–Crippen MR) is 145 cm³/mol. The highest BCUT2D eigenvalue weighted by Crippen LogP contribution is 2.22. The van der Waals surface area contributed by atoms with E-state index in [9.17, 15) is 28.0 Å². The molecule has 40 heavy (non-hydrogen) atoms. The number of urea groups is 1. The molecule has 1 saturated heterocycles. The normalized spacial score (nSPS) is 17.2. The summed E-state index contributed by atoms with van der Waals surface area (Å²) in [6, 6.07) is 6.69. The Kier molecular flexibility index (Phi) is 8.46. The van der Waals surface area contributed by atoms with Crippen molar-refractivity contribution >= 4 is 40.3 Å². The lowest BCUT2D eigenvalue weighted by Gasteiger charge is -2.25. The molecule has 1 aliphatic rings. The van der Waals surface area contributed by atoms with E-state index in [1.807, 2.05) is 24.3 Å². The molecular weight excluding hydrogens is 522 g/mol. The molecule has 3 aromatic rings. The third kappa shape index (κ3) is 6.63. The highest BCUT2D eigenvalue weighted by molar-refractivity contribution is 5.96. The fourth-order valence-corrected chi connectivity index (χ4v) is 4.71. The van der Waals surface area contributed by atoms with Gasteiger partial charge in [-0.2, -0.15) is 0 Å². The maximum atomic E-state index is 14.0. The molecule has 12 heteroatoms. The van der Waals surface area contributed by atoms with E-state index < -0.39 is 53.5 Å². The number of primary amides is 1. The van der Waals surface area contributed by atoms with Crippen LogP contribution < -0.4 is 21.7 Å². The second kappa shape index (κ2) is 12.0. The number of halogens is 2. The highest BCUT2D eigenvalue weighted by Gasteiger charge is 2.40. The van der Waals surface area contributed by atoms with Gasteiger partial charge in [-0.3, -0.25) is 14.4 Å². The number of carbonyl (C=O) groups excluding carboxylic acids is 4. The highest BCUT2D eigenvalue weighted by atomic mass is 19.1. The summed E-state index contributed by atoms with van der Waals surface area (Å²) in [4.78, 5) is 55.6. The number of nitrogens with one attached hydrogen (secondary N) is 4. The van der Waals surface area contributed by atoms with Crippen molar-refractivity contribution in [3.8, 4) is 0 Å². The number of hydrogen-bond acceptors (Lipinski definition) is 4. The third-order valence-electron chi connectivity index (χ3n) is 6.57. The van der Waals surface area contributed by atoms with Crippen LogP contribution in [0, 0.1) is 11.6 Å². The molecule has 210 valence electrons. The summed E-state index contributed by atoms with van der Waals surface area (Å²) in [5, 5.41) is 8.48. The molecule has 1 aliphatic heterocycles. The van der Waals surface area contributed by atoms with E-state index in [2.05, 4.69) is 20.9 Å². The van der Waals surface area contributed by atoms with Crippen molar-refractivity contribution in [2.24, 2.45) is 5.73 Å². The molecule has 2 aromatic carbocycles. The summed E-state index contributed by atoms with van der Waals surface area (Å²) in [6.07, 6.45) is 3.28. The summed E-state index contributed by atoms with van der Waals surface area (Å²) in [6.45, 7) is 3.45. The van der Waals surface area contributed by atoms with Gasteiger partial charge in [0.1, 0.15) is 23.7 Å². The zero-order chi connectivity index (χ0) is 29.0. The minimum atomic E-state index is -1.05. The zero-order valence-electron chi connectivity index (χ0n) is 22.0. The van der Waals surface area contributed by atoms with Crippen molar-refractivity contribution in [2.45, 2.75) is 44.8 Å². The first kappa shape index (κ1) is 28.3. The number of rotatable bonds is 8. The van der Waals surface area contributed by atoms with Crippen LogP contribution in [0.4, 0.5) is 19.3 Å². The molecule has 0 spiro atoms. The number of benzene rings is 2. The van der Waals surface area contributed by atoms with Gasteiger partial charge in [0.25, 0.3) is 0 Å². The van der Waals surface area contributed by atoms with Crippen molar-refractivity contribution in [1.82, 2.24) is 20.5 Å². The van der Waals surface area contributed by atoms with E-state index in [1.165, 1.54) is 11.0 Å². The third-order valence-corrected chi connectivity index (χ3v) is 6.57. The number of nitrogens with two attached hydrogens (primary N) is 1. The van der Waals surface area contributed by atoms with E-state index in [0.29, 0.717) is 11.6 Å². The number of nitrogens with zero attached hydrogens (tertiary/aromatic N) is 1. The van der Waals surface area contributed by atoms with Gasteiger partial charge in [0.2, 0.25) is 17.7 Å². The average Bonchev–Trinajstić information content (AvgIpc) is 3.49. The number of amides is 5. The first-order valence-corrected chi connectivity index (χ1v) is 12.6. The van der Waals surface area contributed by atoms with Crippen molar-refractivity contribution in [3.63, 3.8) is 0 Å². The molecule has 0 bridgehead atoms. The molecule has 2 heterocycles. The van der Waals surface area contributed by atoms with Crippen molar-refractivity contribution in [1.29, 1.82) is 0 Å². The Bertz CT molecular complexity index is 1480. The maximum Gasteiger partial charge on any atom is 0.319 e. The number of para-hydroxylation sites is 1. The molecule has 6 N–H and O–H groups in total. The Morgan fingerprint density at radius 3 is 2.60 bits per heavy atom. The Labute approximate surface area is 229 Å². The maximum absolute atomic E-state index is 14.0. The number of aromatic amines is 1. The van der Waals surface area contributed by atoms with Gasteiger partial charge in [0.05, 0.1) is 11.7 Å². The molecule has 10 nitrogen and oxygen atoms in total. The minimum absolute atomic E-state index is 0.0102. The number of likely N-dealkylation sites (tertiary alicyclic amines) is 1. The molecule has 4 rings (SSSR count). The van der Waals surface area contributed by atoms with Crippen LogP contribution >= 0.6 is 0 Å². The number of allylic oxidation sites excluding steroid dienone is 1. The lowest BCUT2D eigenvalue weighted by atomic mass is 10.0. The van der Waals surface area contributed by atoms with Crippen LogP contribution in [0.5, 0.6) is 0 Å². The molecule has 2 unspecified atom stereocenters. The summed E-state index contributed by atoms with van der Waals surface area (Å²) in [7, 11) is 0. The van der Waals surface area contributed by atoms with Gasteiger partial charge in [-0.15, -0.1) is 0 Å². The van der Waals surface area contributed by atoms with Gasteiger partial charge in [0, 0.05) is 42.2 Å². The van der Waals surface area contributed by atoms with Gasteiger partial charge in [-0.25, -0.2) is 13.6 Å². The Balaban J connectivity index is 1.48. The molecule has 1 aromatic heterocycles. The average molecular weight is 553 g/mol. The molecule has 0 radical (unpaired) electrons. The molecule has 5 amide bonds. The predicted octanol–water partition coefficient (Wildman–Crippen LogP) is 2.72. The van der Waals surface area contributed by atoms with Crippen LogP contribution in [0.3, 0.4) is 0 Å². The van der Waals surface area contributed by atoms with E-state index in [-0.39, 0.29) is 25.1 Å². The fraction of sp³-hybridized carbons (Fsp3) is 0.286. The Morgan fingerprint density at radius 1 is 1.15 bits per heavy atom. The monoisotopic (exact) mass is 552 g/mol. The largest absolute Gasteiger partial charge is 0.368 e. The smallest absolute Gasteiger partial charge is 0.319 e. The van der Waals surface area contributed by atoms with Crippen molar-refractivity contribution in [3.05, 3.63) is 77.5 Å². The van der Waals surface area contributed by atoms with Gasteiger partial charge < -0.3 is 31.6 Å². The number of hydrogen-bond donors (Lipinski definition) is 5. The SMILES string of the molecule is CC(C)=CC(=O)N1CC(NC(=O)Nc2ccc(F)cc2F)CC1C(=O)N[C@H](Cc1c[nH]c2ccccc12)C(N)=O. The molecule has 3 atom stereocenters. The van der Waals surface area contributed by atoms with Gasteiger partial charge >= 0.3 is 6.03 Å². The first-order valence-electron chi connectivity index (χ1n) is 12.6. The van der Waals surface area contributed by atoms with E-state index in [0.717, 1.165) is 28.6 Å². The quantitative estimate of drug-likeness (QED) is 0.273. The second-order valence-electron chi connectivity index (χ2n) is 9.91. The van der Waals surface area contributed by atoms with Crippen LogP contribution in [0.15, 0.2) is 60.3 Å². The first-order chi connectivity index (χ1) is 19.0. The second-order valence-corrected chi connectivity index (χ2v) is 9.91. The van der Waals surface area contributed by atoms with Crippen molar-refractivity contribution in [2.75, 3.05) is 11.9 Å². The van der Waals surface area contributed by atoms with Gasteiger partial charge in [-0.1, -0.05) is 23.8 Å². The number of aromatic nitrogens is 1. The van der Waals surface area contributed by atoms with Gasteiger partial charge in [0.15, 0.2) is 0 Å². The van der Waals surface area contributed by atoms with E-state index in [4.69, 9.17) is 5.73 Å². The van der Waals surface area contributed by atoms with Gasteiger partial charge in [-0.05, 0) is 44.0 Å². The number of H-pyrrole nitrogens is 1. The summed E-state index contributed by atoms with van der Waals surface area (Å²) in [5.41, 5.74) is 7.75. The minimum Gasteiger partial charge on any atom is -0.368 e. The summed E-state index contributed by atoms with van der Waals surface area (Å²) >= 11 is 0. The van der Waals surface area contributed by atoms with Crippen molar-refractivity contribution < 1.29 is 28.0 Å². The fourth-order valence-electron chi connectivity index (χ4n) is 4.71. The standard InChI is InChI=1S/C28H30F2N6O4/c1-15(2)9-25(37)36-14-18(33-28(40)35-22-8-7-17(29)11-20(22)30)12-24(36)27(39)34-23(26(31)38)10-16-13-32-21-6-4-3-5-19(16)21/h3-9,11,13,18,23-24,32H,10,12,14H2,1-2H3,(H2,31,38)(H,34,39)(H2,33,35,40)/t18?,23-,24?/m1/s1. The summed E-state index contributed by atoms with van der Waals surface area (Å²) < 4.78 is 27.1. The van der Waals surface area contributed by atoms with Crippen LogP contribution in [-0.2, 0) is 20.8 Å². The number of carbonyl (C=O) groups is 4. The van der Waals surface area contributed by atoms with E-state index >= 15 is 0 Å². The van der Waals surface area contributed by atoms with E-state index in [1.54, 1.807) is 20.0 Å². The van der Waals surface area contributed by atoms with Crippen LogP contribution in [-0.4, -0.2) is 58.3 Å².